The Morgan fingerprint density at radius 2 is 1.62 bits per heavy atom. The summed E-state index contributed by atoms with van der Waals surface area (Å²) in [4.78, 5) is 13.3. The molecule has 0 aromatic heterocycles. The summed E-state index contributed by atoms with van der Waals surface area (Å²) in [5, 5.41) is 6.19. The lowest BCUT2D eigenvalue weighted by Gasteiger charge is -2.08. The van der Waals surface area contributed by atoms with Crippen LogP contribution in [0.15, 0.2) is 53.4 Å². The Labute approximate surface area is 130 Å². The standard InChI is InChI=1S/C17H20N2OS/c1-3-12-18-14-6-4-13(5-7-14)17(20)19-15-8-10-16(21-2)11-9-15/h4-11,18H,3,12H2,1-2H3,(H,19,20). The minimum Gasteiger partial charge on any atom is -0.385 e. The van der Waals surface area contributed by atoms with Gasteiger partial charge in [-0.1, -0.05) is 6.92 Å². The van der Waals surface area contributed by atoms with Crippen molar-refractivity contribution in [3.8, 4) is 0 Å². The van der Waals surface area contributed by atoms with Crippen molar-refractivity contribution in [2.45, 2.75) is 18.2 Å². The Morgan fingerprint density at radius 3 is 2.19 bits per heavy atom. The zero-order chi connectivity index (χ0) is 15.1. The molecule has 0 aliphatic carbocycles. The molecule has 2 aromatic carbocycles. The number of thioether (sulfide) groups is 1. The quantitative estimate of drug-likeness (QED) is 0.773. The van der Waals surface area contributed by atoms with E-state index in [1.807, 2.05) is 54.8 Å². The topological polar surface area (TPSA) is 41.1 Å². The zero-order valence-electron chi connectivity index (χ0n) is 12.3. The smallest absolute Gasteiger partial charge is 0.255 e. The molecule has 2 rings (SSSR count). The number of anilines is 2. The molecule has 0 saturated carbocycles. The maximum atomic E-state index is 12.2. The number of nitrogens with one attached hydrogen (secondary N) is 2. The largest absolute Gasteiger partial charge is 0.385 e. The van der Waals surface area contributed by atoms with E-state index in [0.717, 1.165) is 24.3 Å². The van der Waals surface area contributed by atoms with Gasteiger partial charge in [-0.25, -0.2) is 0 Å². The third-order valence-electron chi connectivity index (χ3n) is 3.07. The summed E-state index contributed by atoms with van der Waals surface area (Å²) in [5.74, 6) is -0.0889. The van der Waals surface area contributed by atoms with Crippen LogP contribution in [0.5, 0.6) is 0 Å². The van der Waals surface area contributed by atoms with Crippen LogP contribution in [0.3, 0.4) is 0 Å². The summed E-state index contributed by atoms with van der Waals surface area (Å²) in [7, 11) is 0. The summed E-state index contributed by atoms with van der Waals surface area (Å²) in [5.41, 5.74) is 2.51. The number of rotatable bonds is 6. The molecule has 2 N–H and O–H groups in total. The number of carbonyl (C=O) groups is 1. The van der Waals surface area contributed by atoms with E-state index in [9.17, 15) is 4.79 Å². The van der Waals surface area contributed by atoms with Crippen molar-refractivity contribution in [2.24, 2.45) is 0 Å². The maximum Gasteiger partial charge on any atom is 0.255 e. The van der Waals surface area contributed by atoms with E-state index in [1.54, 1.807) is 11.8 Å². The van der Waals surface area contributed by atoms with Gasteiger partial charge in [0.15, 0.2) is 0 Å². The van der Waals surface area contributed by atoms with Crippen molar-refractivity contribution in [3.05, 3.63) is 54.1 Å². The normalized spacial score (nSPS) is 10.2. The highest BCUT2D eigenvalue weighted by atomic mass is 32.2. The SMILES string of the molecule is CCCNc1ccc(C(=O)Nc2ccc(SC)cc2)cc1. The number of hydrogen-bond donors (Lipinski definition) is 2. The fraction of sp³-hybridized carbons (Fsp3) is 0.235. The Balaban J connectivity index is 1.98. The lowest BCUT2D eigenvalue weighted by Crippen LogP contribution is -2.11. The average molecular weight is 300 g/mol. The van der Waals surface area contributed by atoms with Gasteiger partial charge in [-0.2, -0.15) is 0 Å². The molecule has 0 saturated heterocycles. The second kappa shape index (κ2) is 7.74. The second-order valence-corrected chi connectivity index (χ2v) is 5.57. The molecule has 2 aromatic rings. The zero-order valence-corrected chi connectivity index (χ0v) is 13.2. The molecular formula is C17H20N2OS. The van der Waals surface area contributed by atoms with Gasteiger partial charge in [0.1, 0.15) is 0 Å². The Kier molecular flexibility index (Phi) is 5.69. The Hall–Kier alpha value is -1.94. The maximum absolute atomic E-state index is 12.2. The van der Waals surface area contributed by atoms with Crippen LogP contribution < -0.4 is 10.6 Å². The minimum absolute atomic E-state index is 0.0889. The molecule has 0 aliphatic rings. The van der Waals surface area contributed by atoms with E-state index in [4.69, 9.17) is 0 Å². The van der Waals surface area contributed by atoms with Crippen LogP contribution in [-0.2, 0) is 0 Å². The molecule has 21 heavy (non-hydrogen) atoms. The third-order valence-corrected chi connectivity index (χ3v) is 3.82. The fourth-order valence-electron chi connectivity index (χ4n) is 1.89. The van der Waals surface area contributed by atoms with Crippen LogP contribution in [-0.4, -0.2) is 18.7 Å². The number of benzene rings is 2. The van der Waals surface area contributed by atoms with Gasteiger partial charge in [0.2, 0.25) is 0 Å². The summed E-state index contributed by atoms with van der Waals surface area (Å²) < 4.78 is 0. The molecule has 1 amide bonds. The van der Waals surface area contributed by atoms with Crippen molar-refractivity contribution in [1.29, 1.82) is 0 Å². The summed E-state index contributed by atoms with van der Waals surface area (Å²) >= 11 is 1.68. The molecule has 0 heterocycles. The van der Waals surface area contributed by atoms with Crippen molar-refractivity contribution in [3.63, 3.8) is 0 Å². The number of carbonyl (C=O) groups excluding carboxylic acids is 1. The van der Waals surface area contributed by atoms with Gasteiger partial charge in [-0.3, -0.25) is 4.79 Å². The van der Waals surface area contributed by atoms with Gasteiger partial charge in [0.25, 0.3) is 5.91 Å². The monoisotopic (exact) mass is 300 g/mol. The van der Waals surface area contributed by atoms with Crippen molar-refractivity contribution in [1.82, 2.24) is 0 Å². The van der Waals surface area contributed by atoms with Gasteiger partial charge in [-0.05, 0) is 61.2 Å². The number of hydrogen-bond acceptors (Lipinski definition) is 3. The Bertz CT molecular complexity index is 579. The molecule has 0 aliphatic heterocycles. The highest BCUT2D eigenvalue weighted by molar-refractivity contribution is 7.98. The number of amides is 1. The molecule has 0 unspecified atom stereocenters. The van der Waals surface area contributed by atoms with Crippen LogP contribution in [0.25, 0.3) is 0 Å². The van der Waals surface area contributed by atoms with Gasteiger partial charge in [0.05, 0.1) is 0 Å². The van der Waals surface area contributed by atoms with Crippen LogP contribution in [0.1, 0.15) is 23.7 Å². The first-order chi connectivity index (χ1) is 10.2. The van der Waals surface area contributed by atoms with Crippen molar-refractivity contribution < 1.29 is 4.79 Å². The van der Waals surface area contributed by atoms with E-state index >= 15 is 0 Å². The molecular weight excluding hydrogens is 280 g/mol. The van der Waals surface area contributed by atoms with Crippen LogP contribution in [0.2, 0.25) is 0 Å². The van der Waals surface area contributed by atoms with Gasteiger partial charge in [-0.15, -0.1) is 11.8 Å². The van der Waals surface area contributed by atoms with E-state index in [0.29, 0.717) is 5.56 Å². The predicted molar refractivity (Wildman–Crippen MR) is 91.4 cm³/mol. The molecule has 0 radical (unpaired) electrons. The molecule has 0 bridgehead atoms. The first-order valence-corrected chi connectivity index (χ1v) is 8.24. The van der Waals surface area contributed by atoms with Crippen molar-refractivity contribution in [2.75, 3.05) is 23.4 Å². The van der Waals surface area contributed by atoms with E-state index in [2.05, 4.69) is 17.6 Å². The molecule has 0 fully saturated rings. The van der Waals surface area contributed by atoms with Gasteiger partial charge in [0, 0.05) is 28.4 Å². The lowest BCUT2D eigenvalue weighted by atomic mass is 10.2. The van der Waals surface area contributed by atoms with E-state index in [1.165, 1.54) is 4.90 Å². The van der Waals surface area contributed by atoms with Crippen LogP contribution >= 0.6 is 11.8 Å². The highest BCUT2D eigenvalue weighted by Gasteiger charge is 2.05. The summed E-state index contributed by atoms with van der Waals surface area (Å²) in [6.45, 7) is 3.06. The Morgan fingerprint density at radius 1 is 1.00 bits per heavy atom. The van der Waals surface area contributed by atoms with Crippen molar-refractivity contribution >= 4 is 29.0 Å². The summed E-state index contributed by atoms with van der Waals surface area (Å²) in [6, 6.07) is 15.4. The molecule has 110 valence electrons. The predicted octanol–water partition coefficient (Wildman–Crippen LogP) is 4.48. The first kappa shape index (κ1) is 15.4. The molecule has 0 spiro atoms. The van der Waals surface area contributed by atoms with E-state index in [-0.39, 0.29) is 5.91 Å². The highest BCUT2D eigenvalue weighted by Crippen LogP contribution is 2.18. The lowest BCUT2D eigenvalue weighted by molar-refractivity contribution is 0.102. The molecule has 4 heteroatoms. The second-order valence-electron chi connectivity index (χ2n) is 4.69. The van der Waals surface area contributed by atoms with Gasteiger partial charge < -0.3 is 10.6 Å². The fourth-order valence-corrected chi connectivity index (χ4v) is 2.29. The average Bonchev–Trinajstić information content (AvgIpc) is 2.54. The van der Waals surface area contributed by atoms with E-state index < -0.39 is 0 Å². The van der Waals surface area contributed by atoms with Crippen LogP contribution in [0, 0.1) is 0 Å². The molecule has 3 nitrogen and oxygen atoms in total. The molecule has 0 atom stereocenters. The summed E-state index contributed by atoms with van der Waals surface area (Å²) in [6.07, 6.45) is 3.11. The third kappa shape index (κ3) is 4.53. The first-order valence-electron chi connectivity index (χ1n) is 7.02. The van der Waals surface area contributed by atoms with Gasteiger partial charge >= 0.3 is 0 Å². The minimum atomic E-state index is -0.0889. The van der Waals surface area contributed by atoms with Crippen LogP contribution in [0.4, 0.5) is 11.4 Å².